The highest BCUT2D eigenvalue weighted by atomic mass is 32.2. The first kappa shape index (κ1) is 17.5. The molecule has 23 heavy (non-hydrogen) atoms. The number of sulfonamides is 1. The highest BCUT2D eigenvalue weighted by Gasteiger charge is 2.23. The molecule has 0 bridgehead atoms. The maximum atomic E-state index is 12.3. The number of nitrogens with zero attached hydrogens (tertiary/aromatic N) is 1. The Morgan fingerprint density at radius 2 is 1.91 bits per heavy atom. The third kappa shape index (κ3) is 4.56. The monoisotopic (exact) mass is 338 g/mol. The van der Waals surface area contributed by atoms with Crippen molar-refractivity contribution < 1.29 is 17.7 Å². The maximum absolute atomic E-state index is 12.3. The Morgan fingerprint density at radius 1 is 1.22 bits per heavy atom. The molecule has 0 fully saturated rings. The number of hydrogen-bond donors (Lipinski definition) is 1. The number of rotatable bonds is 8. The highest BCUT2D eigenvalue weighted by molar-refractivity contribution is 7.89. The number of aromatic nitrogens is 1. The van der Waals surface area contributed by atoms with Crippen LogP contribution in [0.1, 0.15) is 30.4 Å². The largest absolute Gasteiger partial charge is 0.494 e. The standard InChI is InChI=1S/C16H22N2O4S/c1-4-11-21-15-7-5-14(6-8-15)9-10-17-23(19,20)16-12(2)18-22-13(16)3/h5-8,17H,4,9-11H2,1-3H3. The minimum atomic E-state index is -3.60. The summed E-state index contributed by atoms with van der Waals surface area (Å²) in [7, 11) is -3.60. The van der Waals surface area contributed by atoms with E-state index in [2.05, 4.69) is 16.8 Å². The van der Waals surface area contributed by atoms with Crippen molar-refractivity contribution in [3.05, 3.63) is 41.3 Å². The predicted octanol–water partition coefficient (Wildman–Crippen LogP) is 2.60. The zero-order valence-corrected chi connectivity index (χ0v) is 14.4. The lowest BCUT2D eigenvalue weighted by atomic mass is 10.1. The molecule has 6 nitrogen and oxygen atoms in total. The average Bonchev–Trinajstić information content (AvgIpc) is 2.86. The summed E-state index contributed by atoms with van der Waals surface area (Å²) in [6.07, 6.45) is 1.56. The quantitative estimate of drug-likeness (QED) is 0.800. The molecule has 126 valence electrons. The molecule has 0 aliphatic rings. The van der Waals surface area contributed by atoms with Gasteiger partial charge in [0.15, 0.2) is 5.76 Å². The normalized spacial score (nSPS) is 11.6. The van der Waals surface area contributed by atoms with Crippen LogP contribution in [-0.2, 0) is 16.4 Å². The summed E-state index contributed by atoms with van der Waals surface area (Å²) in [6.45, 7) is 6.25. The molecular weight excluding hydrogens is 316 g/mol. The van der Waals surface area contributed by atoms with Gasteiger partial charge in [-0.05, 0) is 44.4 Å². The van der Waals surface area contributed by atoms with Crippen LogP contribution in [0.3, 0.4) is 0 Å². The van der Waals surface area contributed by atoms with Crippen LogP contribution in [-0.4, -0.2) is 26.7 Å². The Balaban J connectivity index is 1.92. The third-order valence-corrected chi connectivity index (χ3v) is 5.04. The number of aryl methyl sites for hydroxylation is 2. The lowest BCUT2D eigenvalue weighted by Gasteiger charge is -2.08. The number of hydrogen-bond acceptors (Lipinski definition) is 5. The van der Waals surface area contributed by atoms with Crippen molar-refractivity contribution in [2.45, 2.75) is 38.5 Å². The van der Waals surface area contributed by atoms with Gasteiger partial charge in [-0.25, -0.2) is 13.1 Å². The van der Waals surface area contributed by atoms with E-state index in [0.29, 0.717) is 31.0 Å². The Labute approximate surface area is 136 Å². The molecule has 0 atom stereocenters. The summed E-state index contributed by atoms with van der Waals surface area (Å²) < 4.78 is 37.5. The second-order valence-electron chi connectivity index (χ2n) is 5.29. The van der Waals surface area contributed by atoms with Crippen molar-refractivity contribution in [2.75, 3.05) is 13.2 Å². The summed E-state index contributed by atoms with van der Waals surface area (Å²) in [5.41, 5.74) is 1.41. The predicted molar refractivity (Wildman–Crippen MR) is 87.1 cm³/mol. The van der Waals surface area contributed by atoms with Gasteiger partial charge in [-0.1, -0.05) is 24.2 Å². The highest BCUT2D eigenvalue weighted by Crippen LogP contribution is 2.18. The van der Waals surface area contributed by atoms with Crippen LogP contribution in [0, 0.1) is 13.8 Å². The fraction of sp³-hybridized carbons (Fsp3) is 0.438. The summed E-state index contributed by atoms with van der Waals surface area (Å²) in [6, 6.07) is 7.67. The molecule has 1 aromatic carbocycles. The first-order valence-corrected chi connectivity index (χ1v) is 9.06. The van der Waals surface area contributed by atoms with Gasteiger partial charge in [0.05, 0.1) is 6.61 Å². The second-order valence-corrected chi connectivity index (χ2v) is 7.00. The zero-order chi connectivity index (χ0) is 16.9. The molecular formula is C16H22N2O4S. The van der Waals surface area contributed by atoms with E-state index in [1.807, 2.05) is 24.3 Å². The Hall–Kier alpha value is -1.86. The lowest BCUT2D eigenvalue weighted by Crippen LogP contribution is -2.26. The van der Waals surface area contributed by atoms with E-state index < -0.39 is 10.0 Å². The minimum Gasteiger partial charge on any atom is -0.494 e. The Kier molecular flexibility index (Phi) is 5.79. The smallest absolute Gasteiger partial charge is 0.245 e. The lowest BCUT2D eigenvalue weighted by molar-refractivity contribution is 0.317. The molecule has 0 radical (unpaired) electrons. The van der Waals surface area contributed by atoms with Crippen molar-refractivity contribution >= 4 is 10.0 Å². The fourth-order valence-electron chi connectivity index (χ4n) is 2.23. The molecule has 2 rings (SSSR count). The number of nitrogens with one attached hydrogen (secondary N) is 1. The van der Waals surface area contributed by atoms with Gasteiger partial charge in [0.1, 0.15) is 16.3 Å². The van der Waals surface area contributed by atoms with Gasteiger partial charge in [0.2, 0.25) is 10.0 Å². The van der Waals surface area contributed by atoms with Crippen LogP contribution in [0.2, 0.25) is 0 Å². The molecule has 0 saturated heterocycles. The first-order chi connectivity index (χ1) is 10.9. The Bertz CT molecular complexity index is 716. The second kappa shape index (κ2) is 7.61. The van der Waals surface area contributed by atoms with Gasteiger partial charge < -0.3 is 9.26 Å². The molecule has 1 heterocycles. The van der Waals surface area contributed by atoms with Gasteiger partial charge in [-0.15, -0.1) is 0 Å². The van der Waals surface area contributed by atoms with Crippen LogP contribution >= 0.6 is 0 Å². The van der Waals surface area contributed by atoms with Gasteiger partial charge in [-0.2, -0.15) is 0 Å². The topological polar surface area (TPSA) is 81.4 Å². The van der Waals surface area contributed by atoms with E-state index in [9.17, 15) is 8.42 Å². The molecule has 0 aliphatic heterocycles. The molecule has 1 aromatic heterocycles. The van der Waals surface area contributed by atoms with Crippen molar-refractivity contribution in [3.8, 4) is 5.75 Å². The number of ether oxygens (including phenoxy) is 1. The van der Waals surface area contributed by atoms with Crippen molar-refractivity contribution in [1.82, 2.24) is 9.88 Å². The third-order valence-electron chi connectivity index (χ3n) is 3.34. The molecule has 0 spiro atoms. The Morgan fingerprint density at radius 3 is 2.48 bits per heavy atom. The van der Waals surface area contributed by atoms with E-state index in [4.69, 9.17) is 9.26 Å². The molecule has 0 saturated carbocycles. The minimum absolute atomic E-state index is 0.126. The molecule has 7 heteroatoms. The van der Waals surface area contributed by atoms with Gasteiger partial charge in [-0.3, -0.25) is 0 Å². The van der Waals surface area contributed by atoms with Gasteiger partial charge in [0, 0.05) is 6.54 Å². The summed E-state index contributed by atoms with van der Waals surface area (Å²) in [5.74, 6) is 1.12. The van der Waals surface area contributed by atoms with Crippen molar-refractivity contribution in [2.24, 2.45) is 0 Å². The van der Waals surface area contributed by atoms with E-state index >= 15 is 0 Å². The van der Waals surface area contributed by atoms with Crippen molar-refractivity contribution in [3.63, 3.8) is 0 Å². The fourth-order valence-corrected chi connectivity index (χ4v) is 3.59. The first-order valence-electron chi connectivity index (χ1n) is 7.58. The zero-order valence-electron chi connectivity index (χ0n) is 13.6. The van der Waals surface area contributed by atoms with Crippen molar-refractivity contribution in [1.29, 1.82) is 0 Å². The molecule has 2 aromatic rings. The number of benzene rings is 1. The molecule has 0 unspecified atom stereocenters. The van der Waals surface area contributed by atoms with Crippen LogP contribution in [0.4, 0.5) is 0 Å². The summed E-state index contributed by atoms with van der Waals surface area (Å²) in [5, 5.41) is 3.67. The van der Waals surface area contributed by atoms with E-state index in [0.717, 1.165) is 17.7 Å². The molecule has 0 aliphatic carbocycles. The summed E-state index contributed by atoms with van der Waals surface area (Å²) in [4.78, 5) is 0.126. The molecule has 0 amide bonds. The van der Waals surface area contributed by atoms with Crippen LogP contribution in [0.5, 0.6) is 5.75 Å². The SMILES string of the molecule is CCCOc1ccc(CCNS(=O)(=O)c2c(C)noc2C)cc1. The molecule has 1 N–H and O–H groups in total. The van der Waals surface area contributed by atoms with Crippen LogP contribution in [0.25, 0.3) is 0 Å². The van der Waals surface area contributed by atoms with E-state index in [-0.39, 0.29) is 4.90 Å². The van der Waals surface area contributed by atoms with Crippen LogP contribution in [0.15, 0.2) is 33.7 Å². The van der Waals surface area contributed by atoms with Gasteiger partial charge in [0.25, 0.3) is 0 Å². The summed E-state index contributed by atoms with van der Waals surface area (Å²) >= 11 is 0. The maximum Gasteiger partial charge on any atom is 0.245 e. The average molecular weight is 338 g/mol. The van der Waals surface area contributed by atoms with Gasteiger partial charge >= 0.3 is 0 Å². The van der Waals surface area contributed by atoms with E-state index in [1.165, 1.54) is 0 Å². The van der Waals surface area contributed by atoms with E-state index in [1.54, 1.807) is 13.8 Å². The van der Waals surface area contributed by atoms with Crippen LogP contribution < -0.4 is 9.46 Å².